The summed E-state index contributed by atoms with van der Waals surface area (Å²) in [5, 5.41) is 0. The molecule has 5 nitrogen and oxygen atoms in total. The van der Waals surface area contributed by atoms with Gasteiger partial charge in [0.2, 0.25) is 0 Å². The lowest BCUT2D eigenvalue weighted by atomic mass is 10.1. The van der Waals surface area contributed by atoms with Crippen molar-refractivity contribution in [2.75, 3.05) is 25.4 Å². The van der Waals surface area contributed by atoms with Gasteiger partial charge in [-0.2, -0.15) is 0 Å². The summed E-state index contributed by atoms with van der Waals surface area (Å²) in [6.45, 7) is 7.12. The van der Waals surface area contributed by atoms with Gasteiger partial charge in [-0.1, -0.05) is 12.1 Å². The highest BCUT2D eigenvalue weighted by molar-refractivity contribution is 5.68. The average molecular weight is 278 g/mol. The van der Waals surface area contributed by atoms with E-state index < -0.39 is 5.60 Å². The first kappa shape index (κ1) is 14.7. The van der Waals surface area contributed by atoms with Crippen molar-refractivity contribution >= 4 is 11.8 Å². The van der Waals surface area contributed by atoms with Gasteiger partial charge >= 0.3 is 6.09 Å². The van der Waals surface area contributed by atoms with Crippen LogP contribution in [-0.2, 0) is 9.47 Å². The zero-order valence-electron chi connectivity index (χ0n) is 12.3. The van der Waals surface area contributed by atoms with E-state index >= 15 is 0 Å². The lowest BCUT2D eigenvalue weighted by Gasteiger charge is -2.34. The van der Waals surface area contributed by atoms with Crippen molar-refractivity contribution in [2.45, 2.75) is 32.5 Å². The van der Waals surface area contributed by atoms with Crippen LogP contribution < -0.4 is 5.73 Å². The molecule has 2 N–H and O–H groups in total. The zero-order valence-corrected chi connectivity index (χ0v) is 12.3. The Morgan fingerprint density at radius 2 is 2.20 bits per heavy atom. The molecule has 0 bridgehead atoms. The minimum Gasteiger partial charge on any atom is -0.444 e. The molecule has 0 aromatic heterocycles. The van der Waals surface area contributed by atoms with Crippen molar-refractivity contribution in [3.63, 3.8) is 0 Å². The third-order valence-electron chi connectivity index (χ3n) is 3.00. The Kier molecular flexibility index (Phi) is 4.18. The molecule has 20 heavy (non-hydrogen) atoms. The van der Waals surface area contributed by atoms with Crippen LogP contribution in [0, 0.1) is 0 Å². The van der Waals surface area contributed by atoms with E-state index in [1.165, 1.54) is 0 Å². The molecule has 0 aliphatic carbocycles. The Bertz CT molecular complexity index is 482. The Labute approximate surface area is 119 Å². The van der Waals surface area contributed by atoms with Crippen LogP contribution in [0.15, 0.2) is 24.3 Å². The van der Waals surface area contributed by atoms with Crippen molar-refractivity contribution in [1.29, 1.82) is 0 Å². The minimum atomic E-state index is -0.484. The van der Waals surface area contributed by atoms with Gasteiger partial charge in [0.05, 0.1) is 13.2 Å². The van der Waals surface area contributed by atoms with Gasteiger partial charge in [0, 0.05) is 12.2 Å². The van der Waals surface area contributed by atoms with Crippen molar-refractivity contribution in [3.8, 4) is 0 Å². The number of rotatable bonds is 1. The standard InChI is InChI=1S/C15H22N2O3/c1-15(2,3)20-14(18)17-7-8-19-13(10-17)11-5-4-6-12(16)9-11/h4-6,9,13H,7-8,10,16H2,1-3H3/t13-/m1/s1. The van der Waals surface area contributed by atoms with Crippen LogP contribution in [0.25, 0.3) is 0 Å². The van der Waals surface area contributed by atoms with Crippen LogP contribution in [0.3, 0.4) is 0 Å². The van der Waals surface area contributed by atoms with E-state index in [9.17, 15) is 4.79 Å². The van der Waals surface area contributed by atoms with Crippen molar-refractivity contribution in [2.24, 2.45) is 0 Å². The van der Waals surface area contributed by atoms with Crippen LogP contribution in [0.5, 0.6) is 0 Å². The Balaban J connectivity index is 2.03. The number of morpholine rings is 1. The highest BCUT2D eigenvalue weighted by Crippen LogP contribution is 2.24. The van der Waals surface area contributed by atoms with Gasteiger partial charge in [-0.05, 0) is 38.5 Å². The molecule has 5 heteroatoms. The molecule has 0 radical (unpaired) electrons. The fourth-order valence-corrected chi connectivity index (χ4v) is 2.10. The fraction of sp³-hybridized carbons (Fsp3) is 0.533. The second-order valence-corrected chi connectivity index (χ2v) is 5.96. The summed E-state index contributed by atoms with van der Waals surface area (Å²) >= 11 is 0. The van der Waals surface area contributed by atoms with Crippen molar-refractivity contribution in [3.05, 3.63) is 29.8 Å². The molecule has 1 amide bonds. The number of nitrogens with zero attached hydrogens (tertiary/aromatic N) is 1. The molecular weight excluding hydrogens is 256 g/mol. The maximum absolute atomic E-state index is 12.1. The summed E-state index contributed by atoms with van der Waals surface area (Å²) < 4.78 is 11.1. The van der Waals surface area contributed by atoms with Crippen LogP contribution in [0.4, 0.5) is 10.5 Å². The predicted molar refractivity (Wildman–Crippen MR) is 77.4 cm³/mol. The Hall–Kier alpha value is -1.75. The maximum Gasteiger partial charge on any atom is 0.410 e. The third-order valence-corrected chi connectivity index (χ3v) is 3.00. The Morgan fingerprint density at radius 3 is 2.85 bits per heavy atom. The molecule has 1 heterocycles. The second kappa shape index (κ2) is 5.71. The zero-order chi connectivity index (χ0) is 14.8. The fourth-order valence-electron chi connectivity index (χ4n) is 2.10. The van der Waals surface area contributed by atoms with Gasteiger partial charge in [-0.3, -0.25) is 0 Å². The van der Waals surface area contributed by atoms with Crippen LogP contribution in [-0.4, -0.2) is 36.3 Å². The van der Waals surface area contributed by atoms with Crippen molar-refractivity contribution in [1.82, 2.24) is 4.90 Å². The average Bonchev–Trinajstić information content (AvgIpc) is 2.37. The topological polar surface area (TPSA) is 64.8 Å². The largest absolute Gasteiger partial charge is 0.444 e. The molecule has 1 aliphatic heterocycles. The maximum atomic E-state index is 12.1. The first-order chi connectivity index (χ1) is 9.35. The molecule has 2 rings (SSSR count). The molecule has 1 saturated heterocycles. The summed E-state index contributed by atoms with van der Waals surface area (Å²) in [5.74, 6) is 0. The van der Waals surface area contributed by atoms with Gasteiger partial charge in [0.25, 0.3) is 0 Å². The molecule has 1 aromatic rings. The molecule has 0 saturated carbocycles. The molecule has 1 fully saturated rings. The molecular formula is C15H22N2O3. The van der Waals surface area contributed by atoms with Crippen LogP contribution >= 0.6 is 0 Å². The predicted octanol–water partition coefficient (Wildman–Crippen LogP) is 2.58. The molecule has 0 spiro atoms. The number of benzene rings is 1. The lowest BCUT2D eigenvalue weighted by molar-refractivity contribution is -0.0432. The first-order valence-corrected chi connectivity index (χ1v) is 6.80. The summed E-state index contributed by atoms with van der Waals surface area (Å²) in [6.07, 6.45) is -0.450. The number of carbonyl (C=O) groups excluding carboxylic acids is 1. The van der Waals surface area contributed by atoms with Crippen molar-refractivity contribution < 1.29 is 14.3 Å². The number of amides is 1. The van der Waals surface area contributed by atoms with E-state index in [1.54, 1.807) is 4.90 Å². The summed E-state index contributed by atoms with van der Waals surface area (Å²) in [7, 11) is 0. The normalized spacial score (nSPS) is 19.8. The Morgan fingerprint density at radius 1 is 1.45 bits per heavy atom. The van der Waals surface area contributed by atoms with Crippen LogP contribution in [0.2, 0.25) is 0 Å². The lowest BCUT2D eigenvalue weighted by Crippen LogP contribution is -2.44. The number of hydrogen-bond donors (Lipinski definition) is 1. The van der Waals surface area contributed by atoms with Gasteiger partial charge in [-0.15, -0.1) is 0 Å². The van der Waals surface area contributed by atoms with Crippen LogP contribution in [0.1, 0.15) is 32.4 Å². The number of nitrogen functional groups attached to an aromatic ring is 1. The van der Waals surface area contributed by atoms with E-state index in [-0.39, 0.29) is 12.2 Å². The van der Waals surface area contributed by atoms with E-state index in [4.69, 9.17) is 15.2 Å². The summed E-state index contributed by atoms with van der Waals surface area (Å²) in [5.41, 5.74) is 6.98. The number of anilines is 1. The highest BCUT2D eigenvalue weighted by Gasteiger charge is 2.28. The van der Waals surface area contributed by atoms with Gasteiger partial charge in [0.1, 0.15) is 11.7 Å². The SMILES string of the molecule is CC(C)(C)OC(=O)N1CCO[C@@H](c2cccc(N)c2)C1. The summed E-state index contributed by atoms with van der Waals surface area (Å²) in [4.78, 5) is 13.8. The van der Waals surface area contributed by atoms with E-state index in [0.29, 0.717) is 25.4 Å². The number of ether oxygens (including phenoxy) is 2. The smallest absolute Gasteiger partial charge is 0.410 e. The second-order valence-electron chi connectivity index (χ2n) is 5.96. The quantitative estimate of drug-likeness (QED) is 0.802. The molecule has 1 atom stereocenters. The van der Waals surface area contributed by atoms with E-state index in [0.717, 1.165) is 5.56 Å². The molecule has 1 aliphatic rings. The van der Waals surface area contributed by atoms with Gasteiger partial charge in [0.15, 0.2) is 0 Å². The number of nitrogens with two attached hydrogens (primary N) is 1. The van der Waals surface area contributed by atoms with E-state index in [2.05, 4.69) is 0 Å². The van der Waals surface area contributed by atoms with E-state index in [1.807, 2.05) is 45.0 Å². The highest BCUT2D eigenvalue weighted by atomic mass is 16.6. The molecule has 110 valence electrons. The molecule has 1 aromatic carbocycles. The summed E-state index contributed by atoms with van der Waals surface area (Å²) in [6, 6.07) is 7.56. The molecule has 0 unspecified atom stereocenters. The number of carbonyl (C=O) groups is 1. The monoisotopic (exact) mass is 278 g/mol. The minimum absolute atomic E-state index is 0.153. The van der Waals surface area contributed by atoms with Gasteiger partial charge < -0.3 is 20.1 Å². The third kappa shape index (κ3) is 3.87. The first-order valence-electron chi connectivity index (χ1n) is 6.80. The number of hydrogen-bond acceptors (Lipinski definition) is 4. The van der Waals surface area contributed by atoms with Gasteiger partial charge in [-0.25, -0.2) is 4.79 Å².